The summed E-state index contributed by atoms with van der Waals surface area (Å²) in [5, 5.41) is 3.41. The standard InChI is InChI=1S/C17H14Cl2N2O2S/c1-10(22)20-11-5-7-12(8-6-11)21-15(23)9-24-17(21)13-3-2-4-14(18)16(13)19/h2-8,17H,9H2,1H3,(H,20,22). The third-order valence-corrected chi connectivity index (χ3v) is 5.61. The Kier molecular flexibility index (Phi) is 5.04. The van der Waals surface area contributed by atoms with Crippen LogP contribution in [0.3, 0.4) is 0 Å². The Balaban J connectivity index is 1.94. The van der Waals surface area contributed by atoms with Gasteiger partial charge in [0.25, 0.3) is 0 Å². The van der Waals surface area contributed by atoms with Crippen molar-refractivity contribution in [2.75, 3.05) is 16.0 Å². The summed E-state index contributed by atoms with van der Waals surface area (Å²) in [7, 11) is 0. The molecule has 0 aliphatic carbocycles. The van der Waals surface area contributed by atoms with Gasteiger partial charge in [-0.05, 0) is 30.3 Å². The second-order valence-electron chi connectivity index (χ2n) is 5.30. The van der Waals surface area contributed by atoms with Crippen LogP contribution in [0, 0.1) is 0 Å². The summed E-state index contributed by atoms with van der Waals surface area (Å²) in [6, 6.07) is 12.6. The van der Waals surface area contributed by atoms with Crippen molar-refractivity contribution >= 4 is 58.2 Å². The monoisotopic (exact) mass is 380 g/mol. The molecule has 0 aromatic heterocycles. The summed E-state index contributed by atoms with van der Waals surface area (Å²) < 4.78 is 0. The van der Waals surface area contributed by atoms with Crippen LogP contribution in [0.25, 0.3) is 0 Å². The predicted octanol–water partition coefficient (Wildman–Crippen LogP) is 4.73. The van der Waals surface area contributed by atoms with Gasteiger partial charge in [0, 0.05) is 23.9 Å². The number of nitrogens with one attached hydrogen (secondary N) is 1. The number of hydrogen-bond donors (Lipinski definition) is 1. The predicted molar refractivity (Wildman–Crippen MR) is 99.9 cm³/mol. The van der Waals surface area contributed by atoms with Crippen molar-refractivity contribution in [1.29, 1.82) is 0 Å². The molecule has 1 saturated heterocycles. The maximum absolute atomic E-state index is 12.4. The van der Waals surface area contributed by atoms with Crippen LogP contribution in [0.4, 0.5) is 11.4 Å². The SMILES string of the molecule is CC(=O)Nc1ccc(N2C(=O)CSC2c2cccc(Cl)c2Cl)cc1. The van der Waals surface area contributed by atoms with Gasteiger partial charge in [-0.25, -0.2) is 0 Å². The minimum Gasteiger partial charge on any atom is -0.326 e. The first-order valence-electron chi connectivity index (χ1n) is 7.22. The van der Waals surface area contributed by atoms with E-state index in [9.17, 15) is 9.59 Å². The van der Waals surface area contributed by atoms with E-state index >= 15 is 0 Å². The van der Waals surface area contributed by atoms with Gasteiger partial charge in [-0.1, -0.05) is 35.3 Å². The number of amides is 2. The van der Waals surface area contributed by atoms with Gasteiger partial charge >= 0.3 is 0 Å². The van der Waals surface area contributed by atoms with Gasteiger partial charge in [-0.2, -0.15) is 0 Å². The summed E-state index contributed by atoms with van der Waals surface area (Å²) in [5.41, 5.74) is 2.24. The molecule has 7 heteroatoms. The molecule has 1 aliphatic heterocycles. The molecule has 1 fully saturated rings. The maximum Gasteiger partial charge on any atom is 0.238 e. The zero-order valence-electron chi connectivity index (χ0n) is 12.8. The van der Waals surface area contributed by atoms with Gasteiger partial charge in [0.05, 0.1) is 15.8 Å². The lowest BCUT2D eigenvalue weighted by molar-refractivity contribution is -0.116. The number of hydrogen-bond acceptors (Lipinski definition) is 3. The van der Waals surface area contributed by atoms with Crippen molar-refractivity contribution in [3.63, 3.8) is 0 Å². The molecule has 1 aliphatic rings. The van der Waals surface area contributed by atoms with Crippen LogP contribution in [-0.4, -0.2) is 17.6 Å². The molecular weight excluding hydrogens is 367 g/mol. The Morgan fingerprint density at radius 1 is 1.21 bits per heavy atom. The van der Waals surface area contributed by atoms with Crippen LogP contribution in [0.15, 0.2) is 42.5 Å². The first-order chi connectivity index (χ1) is 11.5. The van der Waals surface area contributed by atoms with E-state index in [1.165, 1.54) is 18.7 Å². The summed E-state index contributed by atoms with van der Waals surface area (Å²) in [5.74, 6) is 0.244. The first kappa shape index (κ1) is 17.1. The van der Waals surface area contributed by atoms with Gasteiger partial charge in [-0.3, -0.25) is 14.5 Å². The number of thioether (sulfide) groups is 1. The molecule has 0 bridgehead atoms. The van der Waals surface area contributed by atoms with Crippen molar-refractivity contribution < 1.29 is 9.59 Å². The van der Waals surface area contributed by atoms with Crippen molar-refractivity contribution in [2.24, 2.45) is 0 Å². The largest absolute Gasteiger partial charge is 0.326 e. The average Bonchev–Trinajstić information content (AvgIpc) is 2.92. The molecule has 2 aromatic rings. The number of nitrogens with zero attached hydrogens (tertiary/aromatic N) is 1. The highest BCUT2D eigenvalue weighted by molar-refractivity contribution is 8.00. The summed E-state index contributed by atoms with van der Waals surface area (Å²) in [6.45, 7) is 1.45. The highest BCUT2D eigenvalue weighted by Gasteiger charge is 2.35. The molecule has 2 aromatic carbocycles. The molecule has 0 spiro atoms. The van der Waals surface area contributed by atoms with Crippen LogP contribution in [0.2, 0.25) is 10.0 Å². The minimum atomic E-state index is -0.227. The molecule has 3 rings (SSSR count). The van der Waals surface area contributed by atoms with Gasteiger partial charge in [-0.15, -0.1) is 11.8 Å². The van der Waals surface area contributed by atoms with Gasteiger partial charge in [0.15, 0.2) is 0 Å². The fraction of sp³-hybridized carbons (Fsp3) is 0.176. The van der Waals surface area contributed by atoms with Crippen LogP contribution < -0.4 is 10.2 Å². The fourth-order valence-corrected chi connectivity index (χ4v) is 4.23. The van der Waals surface area contributed by atoms with Gasteiger partial charge in [0.2, 0.25) is 11.8 Å². The Morgan fingerprint density at radius 3 is 2.58 bits per heavy atom. The molecule has 1 N–H and O–H groups in total. The Hall–Kier alpha value is -1.69. The maximum atomic E-state index is 12.4. The molecule has 1 unspecified atom stereocenters. The molecule has 2 amide bonds. The average molecular weight is 381 g/mol. The summed E-state index contributed by atoms with van der Waals surface area (Å²) >= 11 is 13.9. The summed E-state index contributed by atoms with van der Waals surface area (Å²) in [4.78, 5) is 25.2. The minimum absolute atomic E-state index is 0.00770. The van der Waals surface area contributed by atoms with Gasteiger partial charge < -0.3 is 5.32 Å². The summed E-state index contributed by atoms with van der Waals surface area (Å²) in [6.07, 6.45) is 0. The van der Waals surface area contributed by atoms with E-state index in [1.807, 2.05) is 12.1 Å². The third-order valence-electron chi connectivity index (χ3n) is 3.58. The second kappa shape index (κ2) is 7.05. The molecule has 0 radical (unpaired) electrons. The van der Waals surface area contributed by atoms with Crippen molar-refractivity contribution in [2.45, 2.75) is 12.3 Å². The van der Waals surface area contributed by atoms with E-state index in [-0.39, 0.29) is 17.2 Å². The Morgan fingerprint density at radius 2 is 1.92 bits per heavy atom. The normalized spacial score (nSPS) is 17.2. The van der Waals surface area contributed by atoms with E-state index in [1.54, 1.807) is 35.2 Å². The molecular formula is C17H14Cl2N2O2S. The first-order valence-corrected chi connectivity index (χ1v) is 9.03. The van der Waals surface area contributed by atoms with Crippen LogP contribution in [0.1, 0.15) is 17.9 Å². The lowest BCUT2D eigenvalue weighted by Crippen LogP contribution is -2.28. The highest BCUT2D eigenvalue weighted by atomic mass is 35.5. The number of rotatable bonds is 3. The lowest BCUT2D eigenvalue weighted by Gasteiger charge is -2.25. The number of carbonyl (C=O) groups excluding carboxylic acids is 2. The van der Waals surface area contributed by atoms with Crippen LogP contribution in [-0.2, 0) is 9.59 Å². The number of anilines is 2. The third kappa shape index (κ3) is 3.38. The fourth-order valence-electron chi connectivity index (χ4n) is 2.55. The molecule has 4 nitrogen and oxygen atoms in total. The quantitative estimate of drug-likeness (QED) is 0.836. The number of benzene rings is 2. The van der Waals surface area contributed by atoms with E-state index in [0.717, 1.165) is 11.3 Å². The van der Waals surface area contributed by atoms with Crippen LogP contribution >= 0.6 is 35.0 Å². The zero-order valence-corrected chi connectivity index (χ0v) is 15.1. The smallest absolute Gasteiger partial charge is 0.238 e. The van der Waals surface area contributed by atoms with E-state index in [4.69, 9.17) is 23.2 Å². The number of halogens is 2. The molecule has 24 heavy (non-hydrogen) atoms. The molecule has 1 atom stereocenters. The van der Waals surface area contributed by atoms with Gasteiger partial charge in [0.1, 0.15) is 5.37 Å². The topological polar surface area (TPSA) is 49.4 Å². The molecule has 1 heterocycles. The Bertz CT molecular complexity index is 796. The zero-order chi connectivity index (χ0) is 17.3. The van der Waals surface area contributed by atoms with Crippen molar-refractivity contribution in [3.8, 4) is 0 Å². The van der Waals surface area contributed by atoms with Crippen molar-refractivity contribution in [1.82, 2.24) is 0 Å². The van der Waals surface area contributed by atoms with Crippen molar-refractivity contribution in [3.05, 3.63) is 58.1 Å². The number of carbonyl (C=O) groups is 2. The second-order valence-corrected chi connectivity index (χ2v) is 7.15. The van der Waals surface area contributed by atoms with E-state index in [2.05, 4.69) is 5.32 Å². The van der Waals surface area contributed by atoms with Crippen LogP contribution in [0.5, 0.6) is 0 Å². The van der Waals surface area contributed by atoms with E-state index < -0.39 is 0 Å². The van der Waals surface area contributed by atoms with E-state index in [0.29, 0.717) is 21.5 Å². The highest BCUT2D eigenvalue weighted by Crippen LogP contribution is 2.45. The Labute approximate surface area is 154 Å². The molecule has 0 saturated carbocycles. The lowest BCUT2D eigenvalue weighted by atomic mass is 10.1. The molecule has 124 valence electrons.